The highest BCUT2D eigenvalue weighted by atomic mass is 19.4. The summed E-state index contributed by atoms with van der Waals surface area (Å²) in [5, 5.41) is 3.07. The molecule has 1 aromatic heterocycles. The first-order chi connectivity index (χ1) is 7.48. The third-order valence-electron chi connectivity index (χ3n) is 2.69. The standard InChI is InChI=1S/C10H12F3N3/c1-16(7-5-14-6-7)9-4-2-3-8(15-9)10(11,12)13/h2-4,7,14H,5-6H2,1H3. The Morgan fingerprint density at radius 2 is 2.06 bits per heavy atom. The van der Waals surface area contributed by atoms with Gasteiger partial charge in [-0.25, -0.2) is 4.98 Å². The zero-order chi connectivity index (χ0) is 11.8. The fraction of sp³-hybridized carbons (Fsp3) is 0.500. The van der Waals surface area contributed by atoms with Crippen LogP contribution in [0.15, 0.2) is 18.2 Å². The van der Waals surface area contributed by atoms with Crippen molar-refractivity contribution in [3.05, 3.63) is 23.9 Å². The average molecular weight is 231 g/mol. The lowest BCUT2D eigenvalue weighted by molar-refractivity contribution is -0.141. The fourth-order valence-electron chi connectivity index (χ4n) is 1.51. The van der Waals surface area contributed by atoms with E-state index in [2.05, 4.69) is 10.3 Å². The van der Waals surface area contributed by atoms with Gasteiger partial charge in [-0.2, -0.15) is 13.2 Å². The van der Waals surface area contributed by atoms with Gasteiger partial charge in [0, 0.05) is 20.1 Å². The molecule has 0 amide bonds. The van der Waals surface area contributed by atoms with Crippen LogP contribution in [0.25, 0.3) is 0 Å². The van der Waals surface area contributed by atoms with Gasteiger partial charge in [-0.15, -0.1) is 0 Å². The molecule has 0 spiro atoms. The Labute approximate surface area is 91.3 Å². The van der Waals surface area contributed by atoms with Crippen molar-refractivity contribution in [2.45, 2.75) is 12.2 Å². The number of hydrogen-bond donors (Lipinski definition) is 1. The van der Waals surface area contributed by atoms with Crippen molar-refractivity contribution in [3.8, 4) is 0 Å². The van der Waals surface area contributed by atoms with Crippen LogP contribution in [0.2, 0.25) is 0 Å². The van der Waals surface area contributed by atoms with E-state index in [4.69, 9.17) is 0 Å². The number of hydrogen-bond acceptors (Lipinski definition) is 3. The number of alkyl halides is 3. The number of anilines is 1. The Bertz CT molecular complexity index is 374. The molecular formula is C10H12F3N3. The Balaban J connectivity index is 2.21. The van der Waals surface area contributed by atoms with Gasteiger partial charge in [-0.3, -0.25) is 0 Å². The van der Waals surface area contributed by atoms with E-state index < -0.39 is 11.9 Å². The summed E-state index contributed by atoms with van der Waals surface area (Å²) < 4.78 is 37.3. The second-order valence-electron chi connectivity index (χ2n) is 3.80. The van der Waals surface area contributed by atoms with Crippen LogP contribution in [0, 0.1) is 0 Å². The summed E-state index contributed by atoms with van der Waals surface area (Å²) in [4.78, 5) is 5.39. The molecule has 0 unspecified atom stereocenters. The number of nitrogens with zero attached hydrogens (tertiary/aromatic N) is 2. The Morgan fingerprint density at radius 3 is 2.56 bits per heavy atom. The summed E-state index contributed by atoms with van der Waals surface area (Å²) in [5.41, 5.74) is -0.843. The quantitative estimate of drug-likeness (QED) is 0.836. The monoisotopic (exact) mass is 231 g/mol. The molecule has 0 aromatic carbocycles. The van der Waals surface area contributed by atoms with E-state index in [0.29, 0.717) is 5.82 Å². The molecule has 1 aromatic rings. The number of halogens is 3. The number of likely N-dealkylation sites (N-methyl/N-ethyl adjacent to an activating group) is 1. The maximum absolute atomic E-state index is 12.4. The van der Waals surface area contributed by atoms with Gasteiger partial charge in [0.05, 0.1) is 6.04 Å². The molecule has 1 N–H and O–H groups in total. The Morgan fingerprint density at radius 1 is 1.38 bits per heavy atom. The zero-order valence-electron chi connectivity index (χ0n) is 8.75. The molecule has 3 nitrogen and oxygen atoms in total. The van der Waals surface area contributed by atoms with E-state index in [1.807, 2.05) is 0 Å². The van der Waals surface area contributed by atoms with Crippen molar-refractivity contribution in [3.63, 3.8) is 0 Å². The molecule has 88 valence electrons. The van der Waals surface area contributed by atoms with E-state index >= 15 is 0 Å². The number of pyridine rings is 1. The number of nitrogens with one attached hydrogen (secondary N) is 1. The number of aromatic nitrogens is 1. The molecule has 1 aliphatic heterocycles. The van der Waals surface area contributed by atoms with Crippen LogP contribution in [0.1, 0.15) is 5.69 Å². The molecule has 0 atom stereocenters. The first kappa shape index (κ1) is 11.2. The zero-order valence-corrected chi connectivity index (χ0v) is 8.75. The normalized spacial score (nSPS) is 17.0. The van der Waals surface area contributed by atoms with Crippen molar-refractivity contribution in [1.29, 1.82) is 0 Å². The van der Waals surface area contributed by atoms with Gasteiger partial charge in [0.15, 0.2) is 0 Å². The van der Waals surface area contributed by atoms with Crippen molar-refractivity contribution < 1.29 is 13.2 Å². The van der Waals surface area contributed by atoms with Gasteiger partial charge >= 0.3 is 6.18 Å². The molecule has 2 rings (SSSR count). The summed E-state index contributed by atoms with van der Waals surface area (Å²) in [6, 6.07) is 4.19. The lowest BCUT2D eigenvalue weighted by atomic mass is 10.1. The van der Waals surface area contributed by atoms with Crippen LogP contribution in [-0.4, -0.2) is 31.2 Å². The van der Waals surface area contributed by atoms with Crippen LogP contribution in [0.5, 0.6) is 0 Å². The minimum atomic E-state index is -4.38. The first-order valence-corrected chi connectivity index (χ1v) is 4.96. The molecular weight excluding hydrogens is 219 g/mol. The second-order valence-corrected chi connectivity index (χ2v) is 3.80. The largest absolute Gasteiger partial charge is 0.433 e. The molecule has 1 aliphatic rings. The molecule has 0 bridgehead atoms. The summed E-state index contributed by atoms with van der Waals surface area (Å²) in [7, 11) is 1.76. The highest BCUT2D eigenvalue weighted by Crippen LogP contribution is 2.29. The lowest BCUT2D eigenvalue weighted by Gasteiger charge is -2.36. The Hall–Kier alpha value is -1.30. The van der Waals surface area contributed by atoms with Gasteiger partial charge in [0.1, 0.15) is 11.5 Å². The van der Waals surface area contributed by atoms with E-state index in [1.165, 1.54) is 6.07 Å². The van der Waals surface area contributed by atoms with Crippen LogP contribution in [0.4, 0.5) is 19.0 Å². The Kier molecular flexibility index (Phi) is 2.75. The molecule has 16 heavy (non-hydrogen) atoms. The first-order valence-electron chi connectivity index (χ1n) is 4.96. The van der Waals surface area contributed by atoms with Crippen LogP contribution < -0.4 is 10.2 Å². The third kappa shape index (κ3) is 2.11. The van der Waals surface area contributed by atoms with E-state index in [9.17, 15) is 13.2 Å². The maximum atomic E-state index is 12.4. The molecule has 6 heteroatoms. The van der Waals surface area contributed by atoms with E-state index in [1.54, 1.807) is 18.0 Å². The predicted octanol–water partition coefficient (Wildman–Crippen LogP) is 1.51. The molecule has 1 fully saturated rings. The van der Waals surface area contributed by atoms with Crippen molar-refractivity contribution in [2.24, 2.45) is 0 Å². The van der Waals surface area contributed by atoms with Gasteiger partial charge in [-0.1, -0.05) is 6.07 Å². The molecule has 1 saturated heterocycles. The maximum Gasteiger partial charge on any atom is 0.433 e. The summed E-state index contributed by atoms with van der Waals surface area (Å²) >= 11 is 0. The minimum Gasteiger partial charge on any atom is -0.354 e. The van der Waals surface area contributed by atoms with Gasteiger partial charge in [-0.05, 0) is 12.1 Å². The van der Waals surface area contributed by atoms with Crippen LogP contribution in [-0.2, 0) is 6.18 Å². The van der Waals surface area contributed by atoms with Crippen LogP contribution >= 0.6 is 0 Å². The van der Waals surface area contributed by atoms with Gasteiger partial charge in [0.25, 0.3) is 0 Å². The predicted molar refractivity (Wildman–Crippen MR) is 54.3 cm³/mol. The van der Waals surface area contributed by atoms with Gasteiger partial charge in [0.2, 0.25) is 0 Å². The van der Waals surface area contributed by atoms with Crippen molar-refractivity contribution >= 4 is 5.82 Å². The highest BCUT2D eigenvalue weighted by molar-refractivity contribution is 5.41. The average Bonchev–Trinajstić information content (AvgIpc) is 2.14. The minimum absolute atomic E-state index is 0.232. The third-order valence-corrected chi connectivity index (χ3v) is 2.69. The fourth-order valence-corrected chi connectivity index (χ4v) is 1.51. The summed E-state index contributed by atoms with van der Waals surface area (Å²) in [6.45, 7) is 1.57. The van der Waals surface area contributed by atoms with E-state index in [0.717, 1.165) is 19.2 Å². The summed E-state index contributed by atoms with van der Waals surface area (Å²) in [6.07, 6.45) is -4.38. The van der Waals surface area contributed by atoms with Gasteiger partial charge < -0.3 is 10.2 Å². The number of rotatable bonds is 2. The smallest absolute Gasteiger partial charge is 0.354 e. The van der Waals surface area contributed by atoms with E-state index in [-0.39, 0.29) is 6.04 Å². The molecule has 0 aliphatic carbocycles. The van der Waals surface area contributed by atoms with Crippen LogP contribution in [0.3, 0.4) is 0 Å². The summed E-state index contributed by atoms with van der Waals surface area (Å²) in [5.74, 6) is 0.362. The molecule has 0 saturated carbocycles. The van der Waals surface area contributed by atoms with Crippen molar-refractivity contribution in [1.82, 2.24) is 10.3 Å². The SMILES string of the molecule is CN(c1cccc(C(F)(F)F)n1)C1CNC1. The topological polar surface area (TPSA) is 28.2 Å². The lowest BCUT2D eigenvalue weighted by Crippen LogP contribution is -2.56. The van der Waals surface area contributed by atoms with Crippen molar-refractivity contribution in [2.75, 3.05) is 25.0 Å². The molecule has 2 heterocycles. The second kappa shape index (κ2) is 3.93. The highest BCUT2D eigenvalue weighted by Gasteiger charge is 2.33. The molecule has 0 radical (unpaired) electrons.